The normalized spacial score (nSPS) is 10.8. The van der Waals surface area contributed by atoms with Crippen molar-refractivity contribution in [2.75, 3.05) is 6.54 Å². The Morgan fingerprint density at radius 3 is 2.10 bits per heavy atom. The smallest absolute Gasteiger partial charge is 0.295 e. The van der Waals surface area contributed by atoms with Crippen molar-refractivity contribution in [1.82, 2.24) is 9.88 Å². The zero-order valence-corrected chi connectivity index (χ0v) is 17.0. The molecule has 0 atom stereocenters. The van der Waals surface area contributed by atoms with Crippen LogP contribution in [0.4, 0.5) is 0 Å². The van der Waals surface area contributed by atoms with Crippen LogP contribution < -0.4 is 0 Å². The van der Waals surface area contributed by atoms with Crippen LogP contribution in [0.25, 0.3) is 10.9 Å². The molecule has 1 N–H and O–H groups in total. The van der Waals surface area contributed by atoms with Crippen molar-refractivity contribution in [3.63, 3.8) is 0 Å². The molecule has 0 aliphatic heterocycles. The third-order valence-electron chi connectivity index (χ3n) is 5.33. The van der Waals surface area contributed by atoms with Crippen LogP contribution >= 0.6 is 0 Å². The number of carbonyl (C=O) groups is 2. The zero-order chi connectivity index (χ0) is 20.9. The molecule has 150 valence electrons. The second-order valence-corrected chi connectivity index (χ2v) is 7.45. The van der Waals surface area contributed by atoms with E-state index in [0.29, 0.717) is 25.1 Å². The molecule has 3 aromatic carbocycles. The fourth-order valence-corrected chi connectivity index (χ4v) is 3.78. The average molecular weight is 396 g/mol. The number of aromatic nitrogens is 1. The number of Topliss-reactive ketones (excluding diaryl/α,β-unsaturated/α-hetero) is 1. The quantitative estimate of drug-likeness (QED) is 0.356. The van der Waals surface area contributed by atoms with Gasteiger partial charge in [-0.25, -0.2) is 0 Å². The summed E-state index contributed by atoms with van der Waals surface area (Å²) in [5.74, 6) is -0.934. The van der Waals surface area contributed by atoms with Gasteiger partial charge in [-0.3, -0.25) is 9.59 Å². The third-order valence-corrected chi connectivity index (χ3v) is 5.33. The molecule has 4 heteroatoms. The molecule has 0 fully saturated rings. The maximum atomic E-state index is 13.3. The molecular formula is C26H24N2O2. The molecule has 0 aliphatic rings. The van der Waals surface area contributed by atoms with E-state index in [1.807, 2.05) is 91.9 Å². The lowest BCUT2D eigenvalue weighted by Crippen LogP contribution is -2.37. The van der Waals surface area contributed by atoms with Crippen molar-refractivity contribution >= 4 is 22.6 Å². The Hall–Kier alpha value is -3.66. The van der Waals surface area contributed by atoms with Gasteiger partial charge in [0.15, 0.2) is 0 Å². The van der Waals surface area contributed by atoms with E-state index in [-0.39, 0.29) is 0 Å². The molecule has 0 aliphatic carbocycles. The van der Waals surface area contributed by atoms with E-state index in [4.69, 9.17) is 0 Å². The van der Waals surface area contributed by atoms with Crippen LogP contribution in [0.15, 0.2) is 84.9 Å². The highest BCUT2D eigenvalue weighted by molar-refractivity contribution is 6.45. The number of para-hydroxylation sites is 1. The fourth-order valence-electron chi connectivity index (χ4n) is 3.78. The van der Waals surface area contributed by atoms with Gasteiger partial charge in [0, 0.05) is 29.7 Å². The lowest BCUT2D eigenvalue weighted by Gasteiger charge is -2.22. The number of amides is 1. The van der Waals surface area contributed by atoms with Gasteiger partial charge < -0.3 is 9.88 Å². The average Bonchev–Trinajstić information content (AvgIpc) is 3.12. The van der Waals surface area contributed by atoms with Crippen LogP contribution in [0.1, 0.15) is 27.2 Å². The third kappa shape index (κ3) is 4.18. The first kappa shape index (κ1) is 19.6. The van der Waals surface area contributed by atoms with E-state index < -0.39 is 11.7 Å². The van der Waals surface area contributed by atoms with Crippen LogP contribution in [0.2, 0.25) is 0 Å². The minimum absolute atomic E-state index is 0.402. The number of aryl methyl sites for hydroxylation is 1. The molecule has 1 aromatic heterocycles. The molecule has 1 amide bonds. The Morgan fingerprint density at radius 2 is 1.40 bits per heavy atom. The van der Waals surface area contributed by atoms with E-state index in [2.05, 4.69) is 4.98 Å². The summed E-state index contributed by atoms with van der Waals surface area (Å²) in [5.41, 5.74) is 4.19. The van der Waals surface area contributed by atoms with Gasteiger partial charge in [0.25, 0.3) is 11.7 Å². The van der Waals surface area contributed by atoms with Crippen molar-refractivity contribution in [1.29, 1.82) is 0 Å². The SMILES string of the molecule is Cc1[nH]c2ccccc2c1C(=O)C(=O)N(CCc1ccccc1)Cc1ccccc1. The molecule has 4 nitrogen and oxygen atoms in total. The molecule has 1 heterocycles. The number of H-pyrrole nitrogens is 1. The molecule has 0 bridgehead atoms. The van der Waals surface area contributed by atoms with E-state index in [1.54, 1.807) is 4.90 Å². The van der Waals surface area contributed by atoms with Crippen molar-refractivity contribution in [2.45, 2.75) is 19.9 Å². The van der Waals surface area contributed by atoms with Gasteiger partial charge in [-0.2, -0.15) is 0 Å². The summed E-state index contributed by atoms with van der Waals surface area (Å²) in [5, 5.41) is 0.788. The molecule has 0 saturated carbocycles. The number of benzene rings is 3. The minimum Gasteiger partial charge on any atom is -0.358 e. The van der Waals surface area contributed by atoms with Gasteiger partial charge in [0.1, 0.15) is 0 Å². The Kier molecular flexibility index (Phi) is 5.75. The summed E-state index contributed by atoms with van der Waals surface area (Å²) in [6.45, 7) is 2.72. The summed E-state index contributed by atoms with van der Waals surface area (Å²) < 4.78 is 0. The number of nitrogens with zero attached hydrogens (tertiary/aromatic N) is 1. The van der Waals surface area contributed by atoms with Crippen molar-refractivity contribution in [3.05, 3.63) is 107 Å². The number of hydrogen-bond donors (Lipinski definition) is 1. The Balaban J connectivity index is 1.62. The molecule has 0 spiro atoms. The summed E-state index contributed by atoms with van der Waals surface area (Å²) in [6.07, 6.45) is 0.694. The summed E-state index contributed by atoms with van der Waals surface area (Å²) in [7, 11) is 0. The Labute approximate surface area is 176 Å². The van der Waals surface area contributed by atoms with Crippen molar-refractivity contribution in [3.8, 4) is 0 Å². The first-order valence-corrected chi connectivity index (χ1v) is 10.1. The van der Waals surface area contributed by atoms with Gasteiger partial charge in [-0.05, 0) is 30.5 Å². The topological polar surface area (TPSA) is 53.2 Å². The summed E-state index contributed by atoms with van der Waals surface area (Å²) in [6, 6.07) is 27.4. The van der Waals surface area contributed by atoms with E-state index >= 15 is 0 Å². The highest BCUT2D eigenvalue weighted by atomic mass is 16.2. The van der Waals surface area contributed by atoms with Gasteiger partial charge >= 0.3 is 0 Å². The molecular weight excluding hydrogens is 372 g/mol. The largest absolute Gasteiger partial charge is 0.358 e. The van der Waals surface area contributed by atoms with E-state index in [0.717, 1.165) is 27.7 Å². The first-order chi connectivity index (χ1) is 14.6. The van der Waals surface area contributed by atoms with Crippen LogP contribution in [0, 0.1) is 6.92 Å². The van der Waals surface area contributed by atoms with Crippen LogP contribution in [-0.4, -0.2) is 28.1 Å². The first-order valence-electron chi connectivity index (χ1n) is 10.1. The monoisotopic (exact) mass is 396 g/mol. The standard InChI is InChI=1S/C26H24N2O2/c1-19-24(22-14-8-9-15-23(22)27-19)25(29)26(30)28(18-21-12-6-3-7-13-21)17-16-20-10-4-2-5-11-20/h2-15,27H,16-18H2,1H3. The van der Waals surface area contributed by atoms with Gasteiger partial charge in [0.2, 0.25) is 0 Å². The highest BCUT2D eigenvalue weighted by Crippen LogP contribution is 2.23. The number of fused-ring (bicyclic) bond motifs is 1. The number of carbonyl (C=O) groups excluding carboxylic acids is 2. The van der Waals surface area contributed by atoms with Crippen molar-refractivity contribution < 1.29 is 9.59 Å². The van der Waals surface area contributed by atoms with Gasteiger partial charge in [0.05, 0.1) is 5.56 Å². The number of rotatable bonds is 7. The molecule has 30 heavy (non-hydrogen) atoms. The van der Waals surface area contributed by atoms with Gasteiger partial charge in [-0.15, -0.1) is 0 Å². The summed E-state index contributed by atoms with van der Waals surface area (Å²) in [4.78, 5) is 31.5. The fraction of sp³-hybridized carbons (Fsp3) is 0.154. The lowest BCUT2D eigenvalue weighted by atomic mass is 10.0. The number of nitrogens with one attached hydrogen (secondary N) is 1. The highest BCUT2D eigenvalue weighted by Gasteiger charge is 2.27. The molecule has 0 saturated heterocycles. The lowest BCUT2D eigenvalue weighted by molar-refractivity contribution is -0.127. The molecule has 4 aromatic rings. The van der Waals surface area contributed by atoms with Crippen LogP contribution in [0.3, 0.4) is 0 Å². The second kappa shape index (κ2) is 8.78. The second-order valence-electron chi connectivity index (χ2n) is 7.45. The van der Waals surface area contributed by atoms with Crippen molar-refractivity contribution in [2.24, 2.45) is 0 Å². The van der Waals surface area contributed by atoms with E-state index in [1.165, 1.54) is 0 Å². The van der Waals surface area contributed by atoms with Gasteiger partial charge in [-0.1, -0.05) is 78.9 Å². The van der Waals surface area contributed by atoms with Crippen LogP contribution in [0.5, 0.6) is 0 Å². The predicted octanol–water partition coefficient (Wildman–Crippen LogP) is 4.93. The predicted molar refractivity (Wildman–Crippen MR) is 119 cm³/mol. The minimum atomic E-state index is -0.470. The van der Waals surface area contributed by atoms with E-state index in [9.17, 15) is 9.59 Å². The molecule has 4 rings (SSSR count). The maximum Gasteiger partial charge on any atom is 0.295 e. The Bertz CT molecular complexity index is 1160. The summed E-state index contributed by atoms with van der Waals surface area (Å²) >= 11 is 0. The molecule has 0 radical (unpaired) electrons. The molecule has 0 unspecified atom stereocenters. The number of aromatic amines is 1. The maximum absolute atomic E-state index is 13.3. The van der Waals surface area contributed by atoms with Crippen LogP contribution in [-0.2, 0) is 17.8 Å². The Morgan fingerprint density at radius 1 is 0.800 bits per heavy atom. The number of ketones is 1. The number of hydrogen-bond acceptors (Lipinski definition) is 2. The zero-order valence-electron chi connectivity index (χ0n) is 17.0.